The molecule has 6 heteroatoms. The van der Waals surface area contributed by atoms with Gasteiger partial charge in [-0.25, -0.2) is 0 Å². The molecule has 0 fully saturated rings. The van der Waals surface area contributed by atoms with Gasteiger partial charge >= 0.3 is 0 Å². The Labute approximate surface area is 183 Å². The van der Waals surface area contributed by atoms with Gasteiger partial charge in [0.1, 0.15) is 6.61 Å². The quantitative estimate of drug-likeness (QED) is 0.385. The van der Waals surface area contributed by atoms with Crippen LogP contribution in [0.3, 0.4) is 0 Å². The molecule has 0 saturated heterocycles. The molecule has 0 amide bonds. The molecule has 3 aromatic rings. The second kappa shape index (κ2) is 9.55. The van der Waals surface area contributed by atoms with E-state index in [0.29, 0.717) is 34.7 Å². The minimum absolute atomic E-state index is 0.472. The summed E-state index contributed by atoms with van der Waals surface area (Å²) < 4.78 is 12.4. The molecule has 0 radical (unpaired) electrons. The van der Waals surface area contributed by atoms with Gasteiger partial charge in [0.25, 0.3) is 0 Å². The summed E-state index contributed by atoms with van der Waals surface area (Å²) in [5.74, 6) is 1.35. The Kier molecular flexibility index (Phi) is 7.11. The number of rotatable bonds is 7. The van der Waals surface area contributed by atoms with E-state index in [9.17, 15) is 0 Å². The van der Waals surface area contributed by atoms with Gasteiger partial charge in [-0.15, -0.1) is 0 Å². The standard InChI is InChI=1S/C22H20BrCl2NO2/c1-14-5-3-4-6-16(14)13-28-22-20(23)7-15(8-21(22)27-2)12-26-19-10-17(24)9-18(25)11-19/h3-11,26H,12-13H2,1-2H3. The van der Waals surface area contributed by atoms with Gasteiger partial charge < -0.3 is 14.8 Å². The number of ether oxygens (including phenoxy) is 2. The summed E-state index contributed by atoms with van der Waals surface area (Å²) in [6, 6.07) is 17.5. The lowest BCUT2D eigenvalue weighted by molar-refractivity contribution is 0.282. The molecule has 3 rings (SSSR count). The van der Waals surface area contributed by atoms with Gasteiger partial charge in [-0.1, -0.05) is 47.5 Å². The fourth-order valence-electron chi connectivity index (χ4n) is 2.80. The van der Waals surface area contributed by atoms with Gasteiger partial charge in [0.2, 0.25) is 0 Å². The zero-order valence-corrected chi connectivity index (χ0v) is 18.7. The summed E-state index contributed by atoms with van der Waals surface area (Å²) in [6.45, 7) is 3.13. The fraction of sp³-hybridized carbons (Fsp3) is 0.182. The Morgan fingerprint density at radius 1 is 1.00 bits per heavy atom. The highest BCUT2D eigenvalue weighted by molar-refractivity contribution is 9.10. The summed E-state index contributed by atoms with van der Waals surface area (Å²) in [5, 5.41) is 4.50. The third-order valence-corrected chi connectivity index (χ3v) is 5.31. The molecule has 0 unspecified atom stereocenters. The third kappa shape index (κ3) is 5.34. The molecule has 1 N–H and O–H groups in total. The van der Waals surface area contributed by atoms with E-state index in [4.69, 9.17) is 32.7 Å². The van der Waals surface area contributed by atoms with Gasteiger partial charge in [-0.05, 0) is 69.9 Å². The minimum atomic E-state index is 0.472. The van der Waals surface area contributed by atoms with Crippen LogP contribution in [0.4, 0.5) is 5.69 Å². The van der Waals surface area contributed by atoms with Crippen LogP contribution in [-0.4, -0.2) is 7.11 Å². The zero-order valence-electron chi connectivity index (χ0n) is 15.6. The SMILES string of the molecule is COc1cc(CNc2cc(Cl)cc(Cl)c2)cc(Br)c1OCc1ccccc1C. The van der Waals surface area contributed by atoms with Gasteiger partial charge in [0.15, 0.2) is 11.5 Å². The van der Waals surface area contributed by atoms with Crippen molar-refractivity contribution in [3.63, 3.8) is 0 Å². The number of aryl methyl sites for hydroxylation is 1. The average Bonchev–Trinajstić information content (AvgIpc) is 2.65. The molecule has 0 aliphatic heterocycles. The maximum atomic E-state index is 6.05. The lowest BCUT2D eigenvalue weighted by Gasteiger charge is -2.16. The molecule has 0 bridgehead atoms. The second-order valence-corrected chi connectivity index (χ2v) is 8.06. The van der Waals surface area contributed by atoms with E-state index in [1.54, 1.807) is 13.2 Å². The van der Waals surface area contributed by atoms with E-state index >= 15 is 0 Å². The summed E-state index contributed by atoms with van der Waals surface area (Å²) >= 11 is 15.7. The van der Waals surface area contributed by atoms with Crippen molar-refractivity contribution >= 4 is 44.8 Å². The second-order valence-electron chi connectivity index (χ2n) is 6.34. The van der Waals surface area contributed by atoms with E-state index < -0.39 is 0 Å². The smallest absolute Gasteiger partial charge is 0.175 e. The first-order valence-electron chi connectivity index (χ1n) is 8.70. The van der Waals surface area contributed by atoms with Gasteiger partial charge in [-0.2, -0.15) is 0 Å². The Morgan fingerprint density at radius 2 is 1.71 bits per heavy atom. The van der Waals surface area contributed by atoms with Crippen LogP contribution >= 0.6 is 39.1 Å². The minimum Gasteiger partial charge on any atom is -0.493 e. The predicted molar refractivity (Wildman–Crippen MR) is 120 cm³/mol. The highest BCUT2D eigenvalue weighted by Crippen LogP contribution is 2.37. The molecule has 0 spiro atoms. The number of anilines is 1. The highest BCUT2D eigenvalue weighted by Gasteiger charge is 2.13. The van der Waals surface area contributed by atoms with Crippen molar-refractivity contribution in [2.75, 3.05) is 12.4 Å². The zero-order chi connectivity index (χ0) is 20.1. The molecule has 0 aliphatic rings. The molecule has 0 saturated carbocycles. The lowest BCUT2D eigenvalue weighted by atomic mass is 10.1. The number of hydrogen-bond acceptors (Lipinski definition) is 3. The topological polar surface area (TPSA) is 30.5 Å². The summed E-state index contributed by atoms with van der Waals surface area (Å²) in [7, 11) is 1.64. The van der Waals surface area contributed by atoms with Gasteiger partial charge in [0.05, 0.1) is 11.6 Å². The number of hydrogen-bond donors (Lipinski definition) is 1. The van der Waals surface area contributed by atoms with Crippen LogP contribution in [0.5, 0.6) is 11.5 Å². The number of methoxy groups -OCH3 is 1. The van der Waals surface area contributed by atoms with Crippen LogP contribution in [0, 0.1) is 6.92 Å². The summed E-state index contributed by atoms with van der Waals surface area (Å²) in [5.41, 5.74) is 4.22. The molecule has 3 aromatic carbocycles. The van der Waals surface area contributed by atoms with Crippen molar-refractivity contribution in [1.82, 2.24) is 0 Å². The van der Waals surface area contributed by atoms with Crippen molar-refractivity contribution in [1.29, 1.82) is 0 Å². The van der Waals surface area contributed by atoms with Gasteiger partial charge in [0, 0.05) is 22.3 Å². The fourth-order valence-corrected chi connectivity index (χ4v) is 3.93. The number of nitrogens with one attached hydrogen (secondary N) is 1. The van der Waals surface area contributed by atoms with Crippen molar-refractivity contribution in [3.8, 4) is 11.5 Å². The summed E-state index contributed by atoms with van der Waals surface area (Å²) in [4.78, 5) is 0. The van der Waals surface area contributed by atoms with E-state index in [0.717, 1.165) is 21.3 Å². The summed E-state index contributed by atoms with van der Waals surface area (Å²) in [6.07, 6.45) is 0. The molecular formula is C22H20BrCl2NO2. The first-order valence-corrected chi connectivity index (χ1v) is 10.2. The Balaban J connectivity index is 1.74. The van der Waals surface area contributed by atoms with Crippen LogP contribution in [0.2, 0.25) is 10.0 Å². The molecular weight excluding hydrogens is 461 g/mol. The molecule has 28 heavy (non-hydrogen) atoms. The lowest BCUT2D eigenvalue weighted by Crippen LogP contribution is -2.03. The van der Waals surface area contributed by atoms with E-state index in [-0.39, 0.29) is 0 Å². The van der Waals surface area contributed by atoms with Crippen LogP contribution in [-0.2, 0) is 13.2 Å². The number of benzene rings is 3. The molecule has 0 aromatic heterocycles. The van der Waals surface area contributed by atoms with Crippen LogP contribution in [0.1, 0.15) is 16.7 Å². The first kappa shape index (κ1) is 20.8. The Hall–Kier alpha value is -1.88. The predicted octanol–water partition coefficient (Wildman–Crippen LogP) is 7.26. The molecule has 0 atom stereocenters. The van der Waals surface area contributed by atoms with Crippen molar-refractivity contribution in [2.45, 2.75) is 20.1 Å². The van der Waals surface area contributed by atoms with Crippen LogP contribution in [0.25, 0.3) is 0 Å². The maximum Gasteiger partial charge on any atom is 0.175 e. The molecule has 0 heterocycles. The van der Waals surface area contributed by atoms with E-state index in [1.165, 1.54) is 5.56 Å². The third-order valence-electron chi connectivity index (χ3n) is 4.28. The normalized spacial score (nSPS) is 10.6. The highest BCUT2D eigenvalue weighted by atomic mass is 79.9. The Morgan fingerprint density at radius 3 is 2.39 bits per heavy atom. The molecule has 3 nitrogen and oxygen atoms in total. The van der Waals surface area contributed by atoms with E-state index in [2.05, 4.69) is 40.3 Å². The van der Waals surface area contributed by atoms with E-state index in [1.807, 2.05) is 36.4 Å². The van der Waals surface area contributed by atoms with Crippen LogP contribution < -0.4 is 14.8 Å². The first-order chi connectivity index (χ1) is 13.5. The maximum absolute atomic E-state index is 6.05. The monoisotopic (exact) mass is 479 g/mol. The largest absolute Gasteiger partial charge is 0.493 e. The average molecular weight is 481 g/mol. The van der Waals surface area contributed by atoms with Crippen molar-refractivity contribution in [3.05, 3.63) is 85.8 Å². The molecule has 146 valence electrons. The van der Waals surface area contributed by atoms with Gasteiger partial charge in [-0.3, -0.25) is 0 Å². The van der Waals surface area contributed by atoms with Crippen LogP contribution in [0.15, 0.2) is 59.1 Å². The Bertz CT molecular complexity index is 958. The van der Waals surface area contributed by atoms with Crippen molar-refractivity contribution < 1.29 is 9.47 Å². The van der Waals surface area contributed by atoms with Crippen molar-refractivity contribution in [2.24, 2.45) is 0 Å². The molecule has 0 aliphatic carbocycles. The number of halogens is 3.